The molecule has 1 atom stereocenters. The summed E-state index contributed by atoms with van der Waals surface area (Å²) in [7, 11) is 4.78. The molecule has 0 saturated carbocycles. The van der Waals surface area contributed by atoms with Gasteiger partial charge in [-0.05, 0) is 77.1 Å². The minimum Gasteiger partial charge on any atom is -0.496 e. The lowest BCUT2D eigenvalue weighted by atomic mass is 9.95. The van der Waals surface area contributed by atoms with Crippen molar-refractivity contribution in [1.82, 2.24) is 29.6 Å². The van der Waals surface area contributed by atoms with Gasteiger partial charge in [0, 0.05) is 82.5 Å². The van der Waals surface area contributed by atoms with Gasteiger partial charge >= 0.3 is 0 Å². The highest BCUT2D eigenvalue weighted by Crippen LogP contribution is 2.39. The smallest absolute Gasteiger partial charge is 0.261 e. The molecule has 52 heavy (non-hydrogen) atoms. The molecule has 0 radical (unpaired) electrons. The van der Waals surface area contributed by atoms with Crippen molar-refractivity contribution in [2.45, 2.75) is 51.4 Å². The second-order valence-corrected chi connectivity index (χ2v) is 14.2. The number of pyridine rings is 2. The molecule has 4 aliphatic heterocycles. The first-order chi connectivity index (χ1) is 25.1. The first-order valence-corrected chi connectivity index (χ1v) is 17.6. The van der Waals surface area contributed by atoms with E-state index in [9.17, 15) is 24.0 Å². The summed E-state index contributed by atoms with van der Waals surface area (Å²) in [5.41, 5.74) is 5.70. The minimum atomic E-state index is -0.617. The number of carbonyl (C=O) groups excluding carboxylic acids is 4. The molecule has 268 valence electrons. The highest BCUT2D eigenvalue weighted by Gasteiger charge is 2.40. The van der Waals surface area contributed by atoms with E-state index in [0.717, 1.165) is 60.1 Å². The number of imide groups is 1. The van der Waals surface area contributed by atoms with Gasteiger partial charge in [-0.1, -0.05) is 6.07 Å². The van der Waals surface area contributed by atoms with Crippen LogP contribution in [0.15, 0.2) is 53.7 Å². The summed E-state index contributed by atoms with van der Waals surface area (Å²) >= 11 is 0. The summed E-state index contributed by atoms with van der Waals surface area (Å²) in [4.78, 5) is 74.2. The fraction of sp³-hybridized carbons (Fsp3) is 0.385. The number of likely N-dealkylation sites (tertiary alicyclic amines) is 1. The first kappa shape index (κ1) is 33.6. The van der Waals surface area contributed by atoms with Crippen LogP contribution in [0.25, 0.3) is 21.9 Å². The largest absolute Gasteiger partial charge is 0.496 e. The average Bonchev–Trinajstić information content (AvgIpc) is 3.69. The van der Waals surface area contributed by atoms with Crippen molar-refractivity contribution in [3.8, 4) is 22.6 Å². The molecule has 2 fully saturated rings. The Morgan fingerprint density at radius 3 is 2.29 bits per heavy atom. The third-order valence-corrected chi connectivity index (χ3v) is 11.1. The summed E-state index contributed by atoms with van der Waals surface area (Å²) < 4.78 is 13.1. The van der Waals surface area contributed by atoms with E-state index in [1.165, 1.54) is 24.4 Å². The Morgan fingerprint density at radius 2 is 1.60 bits per heavy atom. The van der Waals surface area contributed by atoms with Crippen LogP contribution in [0.3, 0.4) is 0 Å². The predicted molar refractivity (Wildman–Crippen MR) is 191 cm³/mol. The van der Waals surface area contributed by atoms with Crippen LogP contribution >= 0.6 is 0 Å². The molecule has 0 bridgehead atoms. The van der Waals surface area contributed by atoms with Crippen LogP contribution in [0.2, 0.25) is 0 Å². The van der Waals surface area contributed by atoms with Crippen molar-refractivity contribution in [3.05, 3.63) is 87.1 Å². The maximum absolute atomic E-state index is 14.0. The van der Waals surface area contributed by atoms with Crippen LogP contribution in [-0.4, -0.2) is 87.8 Å². The number of hydrogen-bond donors (Lipinski definition) is 1. The molecule has 4 aromatic rings. The fourth-order valence-corrected chi connectivity index (χ4v) is 8.33. The maximum Gasteiger partial charge on any atom is 0.261 e. The van der Waals surface area contributed by atoms with E-state index in [-0.39, 0.29) is 29.7 Å². The number of piperidine rings is 2. The molecule has 4 aliphatic rings. The minimum absolute atomic E-state index is 0.143. The monoisotopic (exact) mass is 704 g/mol. The molecule has 1 unspecified atom stereocenters. The molecule has 6 heterocycles. The Labute approximate surface area is 300 Å². The van der Waals surface area contributed by atoms with Crippen LogP contribution in [0.5, 0.6) is 11.5 Å². The highest BCUT2D eigenvalue weighted by molar-refractivity contribution is 6.06. The lowest BCUT2D eigenvalue weighted by molar-refractivity contribution is -0.136. The van der Waals surface area contributed by atoms with Gasteiger partial charge in [0.1, 0.15) is 23.1 Å². The third-order valence-electron chi connectivity index (χ3n) is 11.1. The van der Waals surface area contributed by atoms with Crippen molar-refractivity contribution in [2.75, 3.05) is 33.9 Å². The lowest BCUT2D eigenvalue weighted by Gasteiger charge is -2.34. The number of ether oxygens (including phenoxy) is 2. The number of methoxy groups -OCH3 is 2. The molecule has 2 saturated heterocycles. The zero-order valence-corrected chi connectivity index (χ0v) is 29.4. The number of rotatable bonds is 7. The van der Waals surface area contributed by atoms with Crippen LogP contribution < -0.4 is 20.3 Å². The number of fused-ring (bicyclic) bond motifs is 3. The van der Waals surface area contributed by atoms with Gasteiger partial charge < -0.3 is 23.8 Å². The predicted octanol–water partition coefficient (Wildman–Crippen LogP) is 3.25. The van der Waals surface area contributed by atoms with E-state index in [1.807, 2.05) is 23.1 Å². The third kappa shape index (κ3) is 5.78. The summed E-state index contributed by atoms with van der Waals surface area (Å²) in [5, 5.41) is 3.61. The molecule has 8 rings (SSSR count). The molecule has 2 aromatic heterocycles. The normalized spacial score (nSPS) is 19.2. The van der Waals surface area contributed by atoms with E-state index in [1.54, 1.807) is 36.6 Å². The zero-order valence-electron chi connectivity index (χ0n) is 29.4. The highest BCUT2D eigenvalue weighted by atomic mass is 16.5. The van der Waals surface area contributed by atoms with Crippen molar-refractivity contribution >= 4 is 34.4 Å². The van der Waals surface area contributed by atoms with E-state index in [0.29, 0.717) is 60.0 Å². The molecule has 13 heteroatoms. The summed E-state index contributed by atoms with van der Waals surface area (Å²) in [6.07, 6.45) is 7.29. The first-order valence-electron chi connectivity index (χ1n) is 17.6. The van der Waals surface area contributed by atoms with E-state index in [4.69, 9.17) is 9.47 Å². The van der Waals surface area contributed by atoms with Crippen molar-refractivity contribution in [2.24, 2.45) is 13.0 Å². The van der Waals surface area contributed by atoms with Crippen LogP contribution in [0.4, 0.5) is 0 Å². The van der Waals surface area contributed by atoms with Gasteiger partial charge in [-0.15, -0.1) is 0 Å². The quantitative estimate of drug-likeness (QED) is 0.287. The standard InChI is InChI=1S/C39H40N6O7/c1-42-21-30(27-6-9-40-16-29(27)37(42)48)23-14-32(51-2)35(33(15-23)52-3)39(50)44-10-7-22(8-11-44)17-43-18-24-12-26-20-45(31-4-5-34(46)41-36(31)47)38(49)28(26)13-25(24)19-43/h6,9,12-16,21-22,31H,4-5,7-8,10-11,17-20H2,1-3H3,(H,41,46,47). The Balaban J connectivity index is 0.922. The van der Waals surface area contributed by atoms with Crippen LogP contribution in [0, 0.1) is 5.92 Å². The number of nitrogens with zero attached hydrogens (tertiary/aromatic N) is 5. The van der Waals surface area contributed by atoms with E-state index in [2.05, 4.69) is 21.3 Å². The van der Waals surface area contributed by atoms with E-state index >= 15 is 0 Å². The van der Waals surface area contributed by atoms with Crippen molar-refractivity contribution in [3.63, 3.8) is 0 Å². The Bertz CT molecular complexity index is 2200. The number of amides is 4. The molecule has 13 nitrogen and oxygen atoms in total. The molecule has 0 aliphatic carbocycles. The Morgan fingerprint density at radius 1 is 0.885 bits per heavy atom. The molecular weight excluding hydrogens is 664 g/mol. The fourth-order valence-electron chi connectivity index (χ4n) is 8.33. The van der Waals surface area contributed by atoms with Gasteiger partial charge in [0.25, 0.3) is 17.4 Å². The van der Waals surface area contributed by atoms with Crippen molar-refractivity contribution < 1.29 is 28.7 Å². The second-order valence-electron chi connectivity index (χ2n) is 14.2. The maximum atomic E-state index is 14.0. The van der Waals surface area contributed by atoms with Gasteiger partial charge in [-0.2, -0.15) is 0 Å². The van der Waals surface area contributed by atoms with E-state index < -0.39 is 11.9 Å². The van der Waals surface area contributed by atoms with Gasteiger partial charge in [-0.25, -0.2) is 0 Å². The molecule has 0 spiro atoms. The number of aromatic nitrogens is 2. The number of nitrogens with one attached hydrogen (secondary N) is 1. The van der Waals surface area contributed by atoms with Crippen molar-refractivity contribution in [1.29, 1.82) is 0 Å². The van der Waals surface area contributed by atoms with Gasteiger partial charge in [0.2, 0.25) is 11.8 Å². The number of hydrogen-bond acceptors (Lipinski definition) is 9. The van der Waals surface area contributed by atoms with Gasteiger partial charge in [-0.3, -0.25) is 39.2 Å². The van der Waals surface area contributed by atoms with Crippen LogP contribution in [0.1, 0.15) is 63.1 Å². The summed E-state index contributed by atoms with van der Waals surface area (Å²) in [6.45, 7) is 4.01. The number of aryl methyl sites for hydroxylation is 1. The SMILES string of the molecule is COc1cc(-c2cn(C)c(=O)c3cnccc23)cc(OC)c1C(=O)N1CCC(CN2Cc3cc4c(cc3C2)C(=O)N(C2CCC(=O)NC2=O)C4)CC1. The number of carbonyl (C=O) groups is 4. The Hall–Kier alpha value is -5.56. The topological polar surface area (TPSA) is 143 Å². The molecule has 4 amide bonds. The van der Waals surface area contributed by atoms with Gasteiger partial charge in [0.15, 0.2) is 0 Å². The average molecular weight is 705 g/mol. The Kier molecular flexibility index (Phi) is 8.53. The molecule has 1 N–H and O–H groups in total. The van der Waals surface area contributed by atoms with Crippen LogP contribution in [-0.2, 0) is 36.3 Å². The lowest BCUT2D eigenvalue weighted by Crippen LogP contribution is -2.52. The number of benzene rings is 2. The second kappa shape index (κ2) is 13.2. The molecule has 2 aromatic carbocycles. The summed E-state index contributed by atoms with van der Waals surface area (Å²) in [5.74, 6) is 0.227. The van der Waals surface area contributed by atoms with Gasteiger partial charge in [0.05, 0.1) is 19.6 Å². The summed E-state index contributed by atoms with van der Waals surface area (Å²) in [6, 6.07) is 8.94. The molecular formula is C39H40N6O7. The zero-order chi connectivity index (χ0) is 36.3.